The van der Waals surface area contributed by atoms with E-state index in [0.29, 0.717) is 12.4 Å². The van der Waals surface area contributed by atoms with Gasteiger partial charge in [-0.05, 0) is 61.1 Å². The largest absolute Gasteiger partial charge is 0.490 e. The van der Waals surface area contributed by atoms with Gasteiger partial charge in [-0.25, -0.2) is 9.97 Å². The number of rotatable bonds is 7. The summed E-state index contributed by atoms with van der Waals surface area (Å²) in [6, 6.07) is 14.8. The summed E-state index contributed by atoms with van der Waals surface area (Å²) < 4.78 is 11.9. The van der Waals surface area contributed by atoms with Crippen molar-refractivity contribution in [1.29, 1.82) is 0 Å². The third-order valence-electron chi connectivity index (χ3n) is 5.58. The molecule has 0 bridgehead atoms. The molecule has 0 unspecified atom stereocenters. The Balaban J connectivity index is 1.37. The number of ether oxygens (including phenoxy) is 2. The lowest BCUT2D eigenvalue weighted by atomic mass is 10.1. The lowest BCUT2D eigenvalue weighted by Crippen LogP contribution is -2.19. The van der Waals surface area contributed by atoms with Crippen LogP contribution < -0.4 is 14.4 Å². The van der Waals surface area contributed by atoms with Gasteiger partial charge >= 0.3 is 0 Å². The van der Waals surface area contributed by atoms with Crippen molar-refractivity contribution < 1.29 is 9.47 Å². The first-order chi connectivity index (χ1) is 15.2. The van der Waals surface area contributed by atoms with Gasteiger partial charge in [0.15, 0.2) is 23.2 Å². The van der Waals surface area contributed by atoms with Crippen LogP contribution in [0.15, 0.2) is 66.3 Å². The van der Waals surface area contributed by atoms with E-state index in [9.17, 15) is 0 Å². The van der Waals surface area contributed by atoms with Crippen molar-refractivity contribution in [2.24, 2.45) is 0 Å². The zero-order valence-corrected chi connectivity index (χ0v) is 18.1. The fraction of sp³-hybridized carbons (Fsp3) is 0.308. The van der Waals surface area contributed by atoms with Crippen molar-refractivity contribution in [3.63, 3.8) is 0 Å². The maximum Gasteiger partial charge on any atom is 0.200 e. The minimum absolute atomic E-state index is 0.700. The van der Waals surface area contributed by atoms with Gasteiger partial charge in [-0.1, -0.05) is 37.6 Å². The molecule has 5 nitrogen and oxygen atoms in total. The van der Waals surface area contributed by atoms with E-state index in [0.717, 1.165) is 60.9 Å². The Morgan fingerprint density at radius 2 is 1.90 bits per heavy atom. The third kappa shape index (κ3) is 4.26. The molecule has 3 aromatic rings. The standard InChI is InChI=1S/C26H27N3O2/c1-3-4-12-30-22-15-27-25(28-16-22)21-7-5-6-19(14-21)17-29-23-11-8-18(2)13-24(23)31-26(29)20-9-10-20/h5-8,11,13-16H,3-4,9-10,12,17H2,1-2H3. The topological polar surface area (TPSA) is 47.5 Å². The molecule has 2 heterocycles. The van der Waals surface area contributed by atoms with Crippen molar-refractivity contribution in [1.82, 2.24) is 9.97 Å². The number of fused-ring (bicyclic) bond motifs is 1. The number of nitrogens with zero attached hydrogens (tertiary/aromatic N) is 3. The minimum atomic E-state index is 0.700. The molecule has 1 aliphatic heterocycles. The molecule has 1 aliphatic carbocycles. The Morgan fingerprint density at radius 1 is 1.06 bits per heavy atom. The second-order valence-electron chi connectivity index (χ2n) is 8.21. The Hall–Kier alpha value is -3.34. The van der Waals surface area contributed by atoms with Crippen LogP contribution in [-0.4, -0.2) is 16.6 Å². The molecule has 1 saturated carbocycles. The highest BCUT2D eigenvalue weighted by molar-refractivity contribution is 5.69. The van der Waals surface area contributed by atoms with E-state index in [1.807, 2.05) is 0 Å². The van der Waals surface area contributed by atoms with Crippen molar-refractivity contribution >= 4 is 5.69 Å². The molecular weight excluding hydrogens is 386 g/mol. The SMILES string of the molecule is CCCCOc1cnc(-c2cccc(CN3C(=C4CC4)Oc4cc(C)ccc43)c2)nc1. The molecule has 31 heavy (non-hydrogen) atoms. The molecule has 1 fully saturated rings. The van der Waals surface area contributed by atoms with E-state index in [2.05, 4.69) is 71.2 Å². The lowest BCUT2D eigenvalue weighted by Gasteiger charge is -2.19. The number of hydrogen-bond acceptors (Lipinski definition) is 5. The molecule has 2 aromatic carbocycles. The van der Waals surface area contributed by atoms with Gasteiger partial charge < -0.3 is 14.4 Å². The monoisotopic (exact) mass is 413 g/mol. The van der Waals surface area contributed by atoms with Crippen LogP contribution in [0.25, 0.3) is 11.4 Å². The molecule has 5 heteroatoms. The third-order valence-corrected chi connectivity index (χ3v) is 5.58. The van der Waals surface area contributed by atoms with Crippen LogP contribution in [0, 0.1) is 6.92 Å². The number of aromatic nitrogens is 2. The van der Waals surface area contributed by atoms with Crippen molar-refractivity contribution in [2.45, 2.75) is 46.1 Å². The highest BCUT2D eigenvalue weighted by Crippen LogP contribution is 2.45. The highest BCUT2D eigenvalue weighted by Gasteiger charge is 2.32. The minimum Gasteiger partial charge on any atom is -0.490 e. The van der Waals surface area contributed by atoms with Crippen LogP contribution in [0.5, 0.6) is 11.5 Å². The van der Waals surface area contributed by atoms with Crippen LogP contribution in [-0.2, 0) is 6.54 Å². The molecule has 0 spiro atoms. The molecule has 0 saturated heterocycles. The van der Waals surface area contributed by atoms with Gasteiger partial charge in [-0.15, -0.1) is 0 Å². The molecule has 2 aliphatic rings. The average molecular weight is 414 g/mol. The molecule has 0 amide bonds. The summed E-state index contributed by atoms with van der Waals surface area (Å²) in [5.74, 6) is 3.39. The Bertz CT molecular complexity index is 1120. The van der Waals surface area contributed by atoms with Crippen LogP contribution in [0.3, 0.4) is 0 Å². The van der Waals surface area contributed by atoms with Gasteiger partial charge in [0, 0.05) is 5.56 Å². The van der Waals surface area contributed by atoms with E-state index >= 15 is 0 Å². The predicted octanol–water partition coefficient (Wildman–Crippen LogP) is 6.04. The van der Waals surface area contributed by atoms with Gasteiger partial charge in [-0.3, -0.25) is 0 Å². The number of unbranched alkanes of at least 4 members (excludes halogenated alkanes) is 1. The zero-order valence-electron chi connectivity index (χ0n) is 18.1. The fourth-order valence-electron chi connectivity index (χ4n) is 3.76. The highest BCUT2D eigenvalue weighted by atomic mass is 16.5. The zero-order chi connectivity index (χ0) is 21.2. The van der Waals surface area contributed by atoms with E-state index in [1.165, 1.54) is 16.7 Å². The van der Waals surface area contributed by atoms with Gasteiger partial charge in [0.25, 0.3) is 0 Å². The second-order valence-corrected chi connectivity index (χ2v) is 8.21. The van der Waals surface area contributed by atoms with E-state index < -0.39 is 0 Å². The summed E-state index contributed by atoms with van der Waals surface area (Å²) >= 11 is 0. The second kappa shape index (κ2) is 8.42. The van der Waals surface area contributed by atoms with Gasteiger partial charge in [0.05, 0.1) is 31.2 Å². The quantitative estimate of drug-likeness (QED) is 0.442. The fourth-order valence-corrected chi connectivity index (χ4v) is 3.76. The lowest BCUT2D eigenvalue weighted by molar-refractivity contribution is 0.307. The number of hydrogen-bond donors (Lipinski definition) is 0. The predicted molar refractivity (Wildman–Crippen MR) is 122 cm³/mol. The number of allylic oxidation sites excluding steroid dienone is 1. The summed E-state index contributed by atoms with van der Waals surface area (Å²) in [7, 11) is 0. The van der Waals surface area contributed by atoms with Gasteiger partial charge in [-0.2, -0.15) is 0 Å². The van der Waals surface area contributed by atoms with Crippen LogP contribution in [0.1, 0.15) is 43.7 Å². The van der Waals surface area contributed by atoms with Gasteiger partial charge in [0.1, 0.15) is 0 Å². The van der Waals surface area contributed by atoms with E-state index in [1.54, 1.807) is 12.4 Å². The average Bonchev–Trinajstić information content (AvgIpc) is 3.57. The van der Waals surface area contributed by atoms with Crippen molar-refractivity contribution in [2.75, 3.05) is 11.5 Å². The first-order valence-electron chi connectivity index (χ1n) is 11.0. The van der Waals surface area contributed by atoms with Crippen molar-refractivity contribution in [3.05, 3.63) is 77.4 Å². The van der Waals surface area contributed by atoms with E-state index in [4.69, 9.17) is 9.47 Å². The number of benzene rings is 2. The molecular formula is C26H27N3O2. The summed E-state index contributed by atoms with van der Waals surface area (Å²) in [5, 5.41) is 0. The van der Waals surface area contributed by atoms with Crippen LogP contribution in [0.4, 0.5) is 5.69 Å². The Labute approximate surface area is 183 Å². The molecule has 1 aromatic heterocycles. The maximum atomic E-state index is 6.23. The van der Waals surface area contributed by atoms with Crippen LogP contribution >= 0.6 is 0 Å². The molecule has 5 rings (SSSR count). The van der Waals surface area contributed by atoms with Gasteiger partial charge in [0.2, 0.25) is 0 Å². The maximum absolute atomic E-state index is 6.23. The first-order valence-corrected chi connectivity index (χ1v) is 11.0. The van der Waals surface area contributed by atoms with Crippen LogP contribution in [0.2, 0.25) is 0 Å². The number of anilines is 1. The van der Waals surface area contributed by atoms with Crippen molar-refractivity contribution in [3.8, 4) is 22.9 Å². The molecule has 0 radical (unpaired) electrons. The summed E-state index contributed by atoms with van der Waals surface area (Å²) in [4.78, 5) is 11.3. The Kier molecular flexibility index (Phi) is 5.33. The smallest absolute Gasteiger partial charge is 0.200 e. The number of aryl methyl sites for hydroxylation is 1. The normalized spacial score (nSPS) is 14.5. The summed E-state index contributed by atoms with van der Waals surface area (Å²) in [5.41, 5.74) is 5.94. The Morgan fingerprint density at radius 3 is 2.68 bits per heavy atom. The molecule has 0 atom stereocenters. The summed E-state index contributed by atoms with van der Waals surface area (Å²) in [6.45, 7) is 5.69. The first kappa shape index (κ1) is 19.6. The molecule has 0 N–H and O–H groups in total. The molecule has 158 valence electrons. The van der Waals surface area contributed by atoms with E-state index in [-0.39, 0.29) is 0 Å². The summed E-state index contributed by atoms with van der Waals surface area (Å²) in [6.07, 6.45) is 7.90.